The zero-order valence-electron chi connectivity index (χ0n) is 15.4. The lowest BCUT2D eigenvalue weighted by molar-refractivity contribution is -0.131. The molecule has 3 heterocycles. The topological polar surface area (TPSA) is 80.2 Å². The van der Waals surface area contributed by atoms with E-state index in [-0.39, 0.29) is 28.7 Å². The summed E-state index contributed by atoms with van der Waals surface area (Å²) in [6.07, 6.45) is 2.07. The zero-order valence-corrected chi connectivity index (χ0v) is 17.8. The van der Waals surface area contributed by atoms with E-state index in [0.717, 1.165) is 20.8 Å². The molecule has 0 unspecified atom stereocenters. The molecule has 9 heteroatoms. The Bertz CT molecular complexity index is 939. The van der Waals surface area contributed by atoms with Crippen molar-refractivity contribution in [2.75, 3.05) is 18.1 Å². The van der Waals surface area contributed by atoms with Crippen LogP contribution in [0.2, 0.25) is 0 Å². The second kappa shape index (κ2) is 7.44. The summed E-state index contributed by atoms with van der Waals surface area (Å²) in [6.45, 7) is 8.39. The van der Waals surface area contributed by atoms with Crippen molar-refractivity contribution >= 4 is 49.1 Å². The number of carbonyl (C=O) groups excluding carboxylic acids is 1. The monoisotopic (exact) mass is 413 g/mol. The Kier molecular flexibility index (Phi) is 5.60. The smallest absolute Gasteiger partial charge is 0.236 e. The number of carbonyl (C=O) groups is 1. The molecule has 26 heavy (non-hydrogen) atoms. The molecule has 3 rings (SSSR count). The summed E-state index contributed by atoms with van der Waals surface area (Å²) in [5.74, 6) is 0.212. The maximum Gasteiger partial charge on any atom is 0.236 e. The van der Waals surface area contributed by atoms with Gasteiger partial charge in [0.05, 0.1) is 16.8 Å². The van der Waals surface area contributed by atoms with Gasteiger partial charge in [-0.3, -0.25) is 4.79 Å². The third-order valence-corrected chi connectivity index (χ3v) is 8.79. The molecular formula is C17H23N3O3S3. The van der Waals surface area contributed by atoms with Crippen molar-refractivity contribution in [3.63, 3.8) is 0 Å². The van der Waals surface area contributed by atoms with Gasteiger partial charge in [-0.25, -0.2) is 18.4 Å². The number of aryl methyl sites for hydroxylation is 2. The van der Waals surface area contributed by atoms with E-state index in [1.807, 2.05) is 13.8 Å². The second-order valence-corrected chi connectivity index (χ2v) is 11.3. The molecule has 1 fully saturated rings. The molecule has 2 aromatic heterocycles. The normalized spacial score (nSPS) is 20.4. The Balaban J connectivity index is 1.81. The summed E-state index contributed by atoms with van der Waals surface area (Å²) >= 11 is 3.06. The van der Waals surface area contributed by atoms with Gasteiger partial charge in [0.15, 0.2) is 9.84 Å². The molecule has 142 valence electrons. The number of hydrogen-bond donors (Lipinski definition) is 0. The fourth-order valence-electron chi connectivity index (χ4n) is 3.31. The van der Waals surface area contributed by atoms with Crippen molar-refractivity contribution in [1.29, 1.82) is 0 Å². The van der Waals surface area contributed by atoms with E-state index in [9.17, 15) is 13.2 Å². The Morgan fingerprint density at radius 1 is 1.42 bits per heavy atom. The molecule has 1 aliphatic heterocycles. The van der Waals surface area contributed by atoms with E-state index in [1.54, 1.807) is 22.6 Å². The molecule has 0 radical (unpaired) electrons. The van der Waals surface area contributed by atoms with Crippen molar-refractivity contribution in [2.24, 2.45) is 0 Å². The summed E-state index contributed by atoms with van der Waals surface area (Å²) in [7, 11) is -3.02. The molecular weight excluding hydrogens is 390 g/mol. The first-order chi connectivity index (χ1) is 12.2. The van der Waals surface area contributed by atoms with Crippen LogP contribution in [0, 0.1) is 13.8 Å². The number of aromatic nitrogens is 2. The van der Waals surface area contributed by atoms with Gasteiger partial charge in [0.2, 0.25) is 5.91 Å². The van der Waals surface area contributed by atoms with Crippen molar-refractivity contribution in [3.8, 4) is 0 Å². The molecule has 0 saturated carbocycles. The fourth-order valence-corrected chi connectivity index (χ4v) is 7.14. The van der Waals surface area contributed by atoms with E-state index in [4.69, 9.17) is 0 Å². The number of thiophene rings is 1. The van der Waals surface area contributed by atoms with Gasteiger partial charge in [-0.1, -0.05) is 11.8 Å². The van der Waals surface area contributed by atoms with Gasteiger partial charge >= 0.3 is 0 Å². The minimum atomic E-state index is -3.02. The molecule has 0 aliphatic carbocycles. The predicted molar refractivity (Wildman–Crippen MR) is 107 cm³/mol. The number of sulfone groups is 1. The lowest BCUT2D eigenvalue weighted by atomic mass is 10.2. The molecule has 0 spiro atoms. The van der Waals surface area contributed by atoms with Crippen LogP contribution in [0.4, 0.5) is 0 Å². The number of thioether (sulfide) groups is 1. The predicted octanol–water partition coefficient (Wildman–Crippen LogP) is 2.82. The van der Waals surface area contributed by atoms with Crippen LogP contribution < -0.4 is 0 Å². The molecule has 2 aromatic rings. The maximum atomic E-state index is 13.0. The zero-order chi connectivity index (χ0) is 19.1. The van der Waals surface area contributed by atoms with Crippen LogP contribution in [-0.4, -0.2) is 58.5 Å². The SMILES string of the molecule is CCN(C(=O)[C@@H](C)Sc1ncnc2sc(C)c(C)c12)[C@@H]1CCS(=O)(=O)C1. The van der Waals surface area contributed by atoms with Crippen LogP contribution in [-0.2, 0) is 14.6 Å². The van der Waals surface area contributed by atoms with Gasteiger partial charge in [0.1, 0.15) is 16.2 Å². The van der Waals surface area contributed by atoms with E-state index in [1.165, 1.54) is 16.6 Å². The van der Waals surface area contributed by atoms with E-state index < -0.39 is 9.84 Å². The molecule has 0 bridgehead atoms. The Labute approximate surface area is 162 Å². The average molecular weight is 414 g/mol. The quantitative estimate of drug-likeness (QED) is 0.554. The lowest BCUT2D eigenvalue weighted by Gasteiger charge is -2.29. The molecule has 0 aromatic carbocycles. The van der Waals surface area contributed by atoms with Gasteiger partial charge in [-0.05, 0) is 39.7 Å². The van der Waals surface area contributed by atoms with Crippen LogP contribution in [0.25, 0.3) is 10.2 Å². The molecule has 1 saturated heterocycles. The van der Waals surface area contributed by atoms with Crippen LogP contribution in [0.1, 0.15) is 30.7 Å². The van der Waals surface area contributed by atoms with E-state index in [0.29, 0.717) is 13.0 Å². The summed E-state index contributed by atoms with van der Waals surface area (Å²) in [6, 6.07) is -0.212. The Hall–Kier alpha value is -1.19. The summed E-state index contributed by atoms with van der Waals surface area (Å²) in [5.41, 5.74) is 1.15. The highest BCUT2D eigenvalue weighted by Crippen LogP contribution is 2.36. The third kappa shape index (κ3) is 3.75. The van der Waals surface area contributed by atoms with Gasteiger partial charge in [0, 0.05) is 22.8 Å². The molecule has 0 N–H and O–H groups in total. The number of rotatable bonds is 5. The van der Waals surface area contributed by atoms with E-state index in [2.05, 4.69) is 23.8 Å². The van der Waals surface area contributed by atoms with Crippen molar-refractivity contribution in [3.05, 3.63) is 16.8 Å². The molecule has 6 nitrogen and oxygen atoms in total. The van der Waals surface area contributed by atoms with Crippen LogP contribution in [0.15, 0.2) is 11.4 Å². The Morgan fingerprint density at radius 3 is 2.77 bits per heavy atom. The van der Waals surface area contributed by atoms with Gasteiger partial charge < -0.3 is 4.90 Å². The summed E-state index contributed by atoms with van der Waals surface area (Å²) in [5, 5.41) is 1.50. The minimum absolute atomic E-state index is 0.0315. The number of nitrogens with zero attached hydrogens (tertiary/aromatic N) is 3. The van der Waals surface area contributed by atoms with Crippen molar-refractivity contribution in [2.45, 2.75) is 50.4 Å². The third-order valence-electron chi connectivity index (χ3n) is 4.84. The first-order valence-electron chi connectivity index (χ1n) is 8.61. The largest absolute Gasteiger partial charge is 0.338 e. The lowest BCUT2D eigenvalue weighted by Crippen LogP contribution is -2.44. The van der Waals surface area contributed by atoms with Crippen molar-refractivity contribution < 1.29 is 13.2 Å². The average Bonchev–Trinajstić information content (AvgIpc) is 3.08. The maximum absolute atomic E-state index is 13.0. The molecule has 2 atom stereocenters. The van der Waals surface area contributed by atoms with Crippen molar-refractivity contribution in [1.82, 2.24) is 14.9 Å². The van der Waals surface area contributed by atoms with Crippen LogP contribution in [0.5, 0.6) is 0 Å². The van der Waals surface area contributed by atoms with Crippen LogP contribution in [0.3, 0.4) is 0 Å². The minimum Gasteiger partial charge on any atom is -0.338 e. The highest BCUT2D eigenvalue weighted by Gasteiger charge is 2.35. The highest BCUT2D eigenvalue weighted by atomic mass is 32.2. The molecule has 1 amide bonds. The highest BCUT2D eigenvalue weighted by molar-refractivity contribution is 8.00. The Morgan fingerprint density at radius 2 is 2.15 bits per heavy atom. The number of fused-ring (bicyclic) bond motifs is 1. The number of hydrogen-bond acceptors (Lipinski definition) is 7. The van der Waals surface area contributed by atoms with Crippen LogP contribution >= 0.6 is 23.1 Å². The summed E-state index contributed by atoms with van der Waals surface area (Å²) in [4.78, 5) is 25.6. The standard InChI is InChI=1S/C17H23N3O3S3/c1-5-20(13-6-7-26(22,23)8-13)17(21)12(4)25-16-14-10(2)11(3)24-15(14)18-9-19-16/h9,12-13H,5-8H2,1-4H3/t12-,13-/m1/s1. The van der Waals surface area contributed by atoms with Gasteiger partial charge in [-0.2, -0.15) is 0 Å². The second-order valence-electron chi connectivity index (χ2n) is 6.58. The fraction of sp³-hybridized carbons (Fsp3) is 0.588. The van der Waals surface area contributed by atoms with Gasteiger partial charge in [0.25, 0.3) is 0 Å². The summed E-state index contributed by atoms with van der Waals surface area (Å²) < 4.78 is 23.5. The van der Waals surface area contributed by atoms with Gasteiger partial charge in [-0.15, -0.1) is 11.3 Å². The molecule has 1 aliphatic rings. The van der Waals surface area contributed by atoms with E-state index >= 15 is 0 Å². The first-order valence-corrected chi connectivity index (χ1v) is 12.1. The first kappa shape index (κ1) is 19.6. The number of amides is 1.